The molecule has 3 N–H and O–H groups in total. The molecule has 0 radical (unpaired) electrons. The van der Waals surface area contributed by atoms with Gasteiger partial charge in [0.25, 0.3) is 0 Å². The van der Waals surface area contributed by atoms with E-state index in [4.69, 9.17) is 5.11 Å². The van der Waals surface area contributed by atoms with Crippen LogP contribution in [0.25, 0.3) is 0 Å². The van der Waals surface area contributed by atoms with Crippen LogP contribution >= 0.6 is 12.8 Å². The summed E-state index contributed by atoms with van der Waals surface area (Å²) in [5.74, 6) is -0.875. The molecule has 5 nitrogen and oxygen atoms in total. The van der Waals surface area contributed by atoms with Gasteiger partial charge in [-0.15, -0.1) is 0 Å². The van der Waals surface area contributed by atoms with Crippen LogP contribution in [0.5, 0.6) is 0 Å². The average molecular weight is 234 g/mol. The zero-order valence-corrected chi connectivity index (χ0v) is 9.72. The third-order valence-corrected chi connectivity index (χ3v) is 2.33. The molecule has 0 bridgehead atoms. The lowest BCUT2D eigenvalue weighted by Crippen LogP contribution is -2.31. The third-order valence-electron chi connectivity index (χ3n) is 2.02. The van der Waals surface area contributed by atoms with Crippen molar-refractivity contribution in [1.82, 2.24) is 10.0 Å². The maximum Gasteiger partial charge on any atom is 0.321 e. The summed E-state index contributed by atoms with van der Waals surface area (Å²) in [5, 5.41) is 11.4. The maximum absolute atomic E-state index is 10.8. The lowest BCUT2D eigenvalue weighted by Gasteiger charge is -2.09. The molecular formula is C9H18N2O3S. The fraction of sp³-hybridized carbons (Fsp3) is 0.778. The zero-order valence-electron chi connectivity index (χ0n) is 8.82. The first-order chi connectivity index (χ1) is 7.11. The van der Waals surface area contributed by atoms with Crippen molar-refractivity contribution in [2.75, 3.05) is 6.54 Å². The van der Waals surface area contributed by atoms with Gasteiger partial charge in [-0.25, -0.2) is 0 Å². The van der Waals surface area contributed by atoms with Crippen molar-refractivity contribution >= 4 is 24.7 Å². The lowest BCUT2D eigenvalue weighted by molar-refractivity contribution is -0.139. The van der Waals surface area contributed by atoms with E-state index in [1.165, 1.54) is 0 Å². The van der Waals surface area contributed by atoms with Crippen molar-refractivity contribution in [2.45, 2.75) is 38.6 Å². The van der Waals surface area contributed by atoms with Crippen molar-refractivity contribution in [1.29, 1.82) is 0 Å². The number of carbonyl (C=O) groups is 2. The fourth-order valence-corrected chi connectivity index (χ4v) is 1.31. The number of unbranched alkanes of at least 4 members (excludes halogenated alkanes) is 1. The Kier molecular flexibility index (Phi) is 8.12. The Bertz CT molecular complexity index is 212. The highest BCUT2D eigenvalue weighted by atomic mass is 32.1. The van der Waals surface area contributed by atoms with Gasteiger partial charge in [0.2, 0.25) is 5.91 Å². The van der Waals surface area contributed by atoms with E-state index in [0.29, 0.717) is 19.4 Å². The van der Waals surface area contributed by atoms with Crippen molar-refractivity contribution in [3.63, 3.8) is 0 Å². The second-order valence-electron chi connectivity index (χ2n) is 3.22. The van der Waals surface area contributed by atoms with Crippen LogP contribution in [0, 0.1) is 0 Å². The molecular weight excluding hydrogens is 216 g/mol. The molecule has 0 spiro atoms. The number of nitrogens with one attached hydrogen (secondary N) is 2. The molecule has 1 amide bonds. The van der Waals surface area contributed by atoms with Gasteiger partial charge in [0.1, 0.15) is 6.04 Å². The van der Waals surface area contributed by atoms with Crippen LogP contribution in [-0.4, -0.2) is 29.6 Å². The minimum Gasteiger partial charge on any atom is -0.480 e. The summed E-state index contributed by atoms with van der Waals surface area (Å²) in [7, 11) is 0. The van der Waals surface area contributed by atoms with Crippen LogP contribution < -0.4 is 10.0 Å². The lowest BCUT2D eigenvalue weighted by atomic mass is 10.1. The van der Waals surface area contributed by atoms with Crippen molar-refractivity contribution < 1.29 is 14.7 Å². The van der Waals surface area contributed by atoms with E-state index in [0.717, 1.165) is 12.8 Å². The number of carboxylic acids is 1. The molecule has 1 atom stereocenters. The van der Waals surface area contributed by atoms with Crippen LogP contribution in [-0.2, 0) is 9.59 Å². The van der Waals surface area contributed by atoms with Gasteiger partial charge in [-0.2, -0.15) is 0 Å². The van der Waals surface area contributed by atoms with E-state index in [9.17, 15) is 9.59 Å². The summed E-state index contributed by atoms with van der Waals surface area (Å²) >= 11 is 3.73. The topological polar surface area (TPSA) is 78.4 Å². The molecule has 0 aliphatic carbocycles. The Morgan fingerprint density at radius 3 is 2.53 bits per heavy atom. The van der Waals surface area contributed by atoms with Crippen LogP contribution in [0.1, 0.15) is 32.6 Å². The van der Waals surface area contributed by atoms with E-state index in [2.05, 4.69) is 22.9 Å². The molecule has 0 fully saturated rings. The molecule has 0 saturated heterocycles. The molecule has 1 unspecified atom stereocenters. The van der Waals surface area contributed by atoms with E-state index >= 15 is 0 Å². The number of hydrogen-bond acceptors (Lipinski definition) is 4. The summed E-state index contributed by atoms with van der Waals surface area (Å²) in [5.41, 5.74) is 0. The Balaban J connectivity index is 3.45. The number of carbonyl (C=O) groups excluding carboxylic acids is 1. The number of thiol groups is 1. The molecule has 6 heteroatoms. The van der Waals surface area contributed by atoms with Gasteiger partial charge in [-0.3, -0.25) is 14.3 Å². The highest BCUT2D eigenvalue weighted by Crippen LogP contribution is 2.01. The summed E-state index contributed by atoms with van der Waals surface area (Å²) in [4.78, 5) is 21.4. The van der Waals surface area contributed by atoms with Crippen molar-refractivity contribution in [3.8, 4) is 0 Å². The van der Waals surface area contributed by atoms with Crippen LogP contribution in [0.4, 0.5) is 0 Å². The molecule has 0 aromatic heterocycles. The SMILES string of the molecule is CCC(=O)NCCCCC(NS)C(=O)O. The van der Waals surface area contributed by atoms with Gasteiger partial charge < -0.3 is 10.4 Å². The van der Waals surface area contributed by atoms with E-state index in [-0.39, 0.29) is 5.91 Å². The largest absolute Gasteiger partial charge is 0.480 e. The number of aliphatic carboxylic acids is 1. The molecule has 0 rings (SSSR count). The van der Waals surface area contributed by atoms with E-state index in [1.807, 2.05) is 0 Å². The Hall–Kier alpha value is -0.750. The number of amides is 1. The van der Waals surface area contributed by atoms with Gasteiger partial charge in [0, 0.05) is 13.0 Å². The number of rotatable bonds is 8. The predicted molar refractivity (Wildman–Crippen MR) is 60.7 cm³/mol. The van der Waals surface area contributed by atoms with Gasteiger partial charge >= 0.3 is 5.97 Å². The monoisotopic (exact) mass is 234 g/mol. The summed E-state index contributed by atoms with van der Waals surface area (Å²) < 4.78 is 2.42. The van der Waals surface area contributed by atoms with Gasteiger partial charge in [0.15, 0.2) is 0 Å². The molecule has 88 valence electrons. The highest BCUT2D eigenvalue weighted by Gasteiger charge is 2.13. The highest BCUT2D eigenvalue weighted by molar-refractivity contribution is 7.78. The Morgan fingerprint density at radius 1 is 1.40 bits per heavy atom. The molecule has 0 aromatic rings. The van der Waals surface area contributed by atoms with E-state index in [1.54, 1.807) is 6.92 Å². The van der Waals surface area contributed by atoms with Crippen LogP contribution in [0.2, 0.25) is 0 Å². The first kappa shape index (κ1) is 14.2. The number of hydrogen-bond donors (Lipinski definition) is 4. The quantitative estimate of drug-likeness (QED) is 0.366. The Labute approximate surface area is 95.2 Å². The van der Waals surface area contributed by atoms with Gasteiger partial charge in [0.05, 0.1) is 0 Å². The molecule has 15 heavy (non-hydrogen) atoms. The smallest absolute Gasteiger partial charge is 0.321 e. The molecule has 0 aliphatic heterocycles. The second-order valence-corrected chi connectivity index (χ2v) is 3.48. The predicted octanol–water partition coefficient (Wildman–Crippen LogP) is 0.571. The molecule has 0 aromatic carbocycles. The minimum absolute atomic E-state index is 0.0251. The third kappa shape index (κ3) is 7.21. The zero-order chi connectivity index (χ0) is 11.7. The average Bonchev–Trinajstić information content (AvgIpc) is 2.22. The summed E-state index contributed by atoms with van der Waals surface area (Å²) in [6, 6.07) is -0.616. The Morgan fingerprint density at radius 2 is 2.07 bits per heavy atom. The van der Waals surface area contributed by atoms with Crippen LogP contribution in [0.15, 0.2) is 0 Å². The number of carboxylic acid groups (broad SMARTS) is 1. The molecule has 0 saturated carbocycles. The van der Waals surface area contributed by atoms with Crippen LogP contribution in [0.3, 0.4) is 0 Å². The first-order valence-electron chi connectivity index (χ1n) is 5.01. The van der Waals surface area contributed by atoms with Crippen molar-refractivity contribution in [3.05, 3.63) is 0 Å². The minimum atomic E-state index is -0.900. The summed E-state index contributed by atoms with van der Waals surface area (Å²) in [6.45, 7) is 2.40. The molecule has 0 aliphatic rings. The fourth-order valence-electron chi connectivity index (χ4n) is 1.07. The first-order valence-corrected chi connectivity index (χ1v) is 5.45. The van der Waals surface area contributed by atoms with E-state index < -0.39 is 12.0 Å². The van der Waals surface area contributed by atoms with Crippen molar-refractivity contribution in [2.24, 2.45) is 0 Å². The summed E-state index contributed by atoms with van der Waals surface area (Å²) in [6.07, 6.45) is 2.52. The van der Waals surface area contributed by atoms with Gasteiger partial charge in [-0.05, 0) is 19.3 Å². The van der Waals surface area contributed by atoms with Gasteiger partial charge in [-0.1, -0.05) is 19.7 Å². The maximum atomic E-state index is 10.8. The molecule has 0 heterocycles. The normalized spacial score (nSPS) is 12.1. The second kappa shape index (κ2) is 8.55. The standard InChI is InChI=1S/C9H18N2O3S/c1-2-8(12)10-6-4-3-5-7(11-15)9(13)14/h7,11,15H,2-6H2,1H3,(H,10,12)(H,13,14).